The third-order valence-corrected chi connectivity index (χ3v) is 18.8. The molecular weight excluding hydrogens is 1510 g/mol. The number of carbonyl (C=O) groups excluding carboxylic acids is 3. The molecule has 0 saturated carbocycles. The van der Waals surface area contributed by atoms with E-state index < -0.39 is 20.9 Å². The second kappa shape index (κ2) is 49.1. The Labute approximate surface area is 706 Å². The van der Waals surface area contributed by atoms with E-state index in [0.29, 0.717) is 39.9 Å². The van der Waals surface area contributed by atoms with Gasteiger partial charge in [-0.05, 0) is 174 Å². The first kappa shape index (κ1) is 98.4. The van der Waals surface area contributed by atoms with Crippen LogP contribution in [0.2, 0.25) is 0 Å². The van der Waals surface area contributed by atoms with Gasteiger partial charge in [-0.15, -0.1) is 0 Å². The van der Waals surface area contributed by atoms with Crippen LogP contribution in [0.1, 0.15) is 186 Å². The van der Waals surface area contributed by atoms with E-state index in [4.69, 9.17) is 57.0 Å². The average molecular weight is 1620 g/mol. The number of ketones is 2. The second-order valence-corrected chi connectivity index (χ2v) is 26.6. The fraction of sp³-hybridized carbons (Fsp3) is 0.292. The summed E-state index contributed by atoms with van der Waals surface area (Å²) in [7, 11) is 12.4. The van der Waals surface area contributed by atoms with Gasteiger partial charge in [-0.25, -0.2) is 15.0 Å². The first-order valence-corrected chi connectivity index (χ1v) is 36.7. The Balaban J connectivity index is 0.000000515. The molecule has 11 aromatic rings. The van der Waals surface area contributed by atoms with Gasteiger partial charge in [0, 0.05) is 35.3 Å². The van der Waals surface area contributed by atoms with Crippen LogP contribution in [0.4, 0.5) is 11.8 Å². The number of nitrogen functional groups attached to an aromatic ring is 2. The molecule has 3 aromatic heterocycles. The summed E-state index contributed by atoms with van der Waals surface area (Å²) in [5.41, 5.74) is 28.0. The Bertz CT molecular complexity index is 4970. The molecule has 0 spiro atoms. The van der Waals surface area contributed by atoms with E-state index in [1.54, 1.807) is 40.6 Å². The van der Waals surface area contributed by atoms with Crippen molar-refractivity contribution in [1.82, 2.24) is 36.1 Å². The molecule has 23 nitrogen and oxygen atoms in total. The fourth-order valence-corrected chi connectivity index (χ4v) is 13.1. The van der Waals surface area contributed by atoms with Gasteiger partial charge in [0.15, 0.2) is 28.9 Å². The van der Waals surface area contributed by atoms with Crippen LogP contribution < -0.4 is 74.4 Å². The minimum atomic E-state index is -1.44. The number of aliphatic hydroxyl groups excluding tert-OH is 1. The number of rotatable bonds is 27. The molecule has 0 fully saturated rings. The predicted molar refractivity (Wildman–Crippen MR) is 447 cm³/mol. The number of ether oxygens (including phenoxy) is 8. The van der Waals surface area contributed by atoms with Crippen LogP contribution in [-0.2, 0) is 48.2 Å². The number of nitrogens with zero attached hydrogens (tertiary/aromatic N) is 6. The molecule has 0 aliphatic heterocycles. The number of aromatic nitrogens is 6. The molecule has 0 saturated heterocycles. The topological polar surface area (TPSA) is 344 Å². The summed E-state index contributed by atoms with van der Waals surface area (Å²) >= 11 is -1.44. The van der Waals surface area contributed by atoms with Crippen molar-refractivity contribution in [3.8, 4) is 46.8 Å². The summed E-state index contributed by atoms with van der Waals surface area (Å²) < 4.78 is 59.4. The van der Waals surface area contributed by atoms with E-state index >= 15 is 0 Å². The van der Waals surface area contributed by atoms with Gasteiger partial charge in [-0.1, -0.05) is 181 Å². The van der Waals surface area contributed by atoms with Crippen LogP contribution in [0.3, 0.4) is 0 Å². The molecule has 8 N–H and O–H groups in total. The van der Waals surface area contributed by atoms with Crippen LogP contribution in [0.25, 0.3) is 0 Å². The minimum absolute atomic E-state index is 0. The number of aryl methyl sites for hydroxylation is 4. The van der Waals surface area contributed by atoms with E-state index in [1.807, 2.05) is 125 Å². The number of methoxy groups -OCH3 is 8. The number of aliphatic hydroxyl groups is 1. The van der Waals surface area contributed by atoms with E-state index in [1.165, 1.54) is 69.3 Å². The van der Waals surface area contributed by atoms with Crippen molar-refractivity contribution in [3.05, 3.63) is 294 Å². The molecule has 0 bridgehead atoms. The molecule has 3 heterocycles. The van der Waals surface area contributed by atoms with Gasteiger partial charge < -0.3 is 62.0 Å². The number of carbonyl (C=O) groups is 3. The molecule has 0 radical (unpaired) electrons. The van der Waals surface area contributed by atoms with E-state index in [-0.39, 0.29) is 127 Å². The molecule has 605 valence electrons. The number of aldehydes is 1. The number of benzene rings is 8. The fourth-order valence-electron chi connectivity index (χ4n) is 13.1. The van der Waals surface area contributed by atoms with Gasteiger partial charge in [0.25, 0.3) is 0 Å². The molecule has 0 amide bonds. The summed E-state index contributed by atoms with van der Waals surface area (Å²) in [6, 6.07) is 56.9. The van der Waals surface area contributed by atoms with Crippen molar-refractivity contribution in [1.29, 1.82) is 0 Å². The third kappa shape index (κ3) is 26.9. The monoisotopic (exact) mass is 1620 g/mol. The average Bonchev–Trinajstić information content (AvgIpc) is 0.795. The van der Waals surface area contributed by atoms with E-state index in [0.717, 1.165) is 93.4 Å². The molecule has 5 unspecified atom stereocenters. The first-order chi connectivity index (χ1) is 53.4. The standard InChI is InChI=1S/C24H28N2O4.C24H26N2O4.C22H24N4O2.C18H20O2.CH4.Al.Li.Mn.H3N.2O.4H/c2*1-15(11-17-9-7-6-8-10-17)18-12-16(2)21(28-3)13-19(18)22(27)20-14-25-24(30-5)26-23(20)29-4;1-13(9-15-7-5-4-6-8-15)16-10-14(2)19(28-3)11-17(16)20(27)18-12-25-22(24)26-21(18)23;1-13(9-15-7-5-4-6-8-15)17-10-14(2)18(20-3)11-16(17)12-19;;;;;;;;;;;/h6-10,12-15,22,27H,11H2,1-5H3;6-10,12-15H,11H2,1-5H3;4-8,10-13H,9H2,1-3H3,(H4,23,24,25,26);4-8,10-13H,9H2,1-3H3;1H4;;;;1H3;;;;;;/q;;;;;;+1;;;;;;;;-1. The zero-order chi connectivity index (χ0) is 80.8. The Morgan fingerprint density at radius 3 is 1.13 bits per heavy atom. The van der Waals surface area contributed by atoms with Gasteiger partial charge in [0.1, 0.15) is 46.8 Å². The van der Waals surface area contributed by atoms with Crippen molar-refractivity contribution < 1.29 is 100 Å². The Morgan fingerprint density at radius 2 is 0.757 bits per heavy atom. The summed E-state index contributed by atoms with van der Waals surface area (Å²) in [6.07, 6.45) is 7.67. The van der Waals surface area contributed by atoms with Gasteiger partial charge >= 0.3 is 53.4 Å². The molecule has 0 aliphatic carbocycles. The van der Waals surface area contributed by atoms with Crippen molar-refractivity contribution in [2.75, 3.05) is 68.3 Å². The zero-order valence-electron chi connectivity index (χ0n) is 68.4. The molecule has 0 aliphatic rings. The van der Waals surface area contributed by atoms with Gasteiger partial charge in [0.05, 0.1) is 68.0 Å². The van der Waals surface area contributed by atoms with Crippen LogP contribution in [0, 0.1) is 27.7 Å². The Kier molecular flexibility index (Phi) is 42.0. The van der Waals surface area contributed by atoms with Crippen molar-refractivity contribution in [2.24, 2.45) is 0 Å². The normalized spacial score (nSPS) is 11.5. The maximum absolute atomic E-state index is 13.5. The number of hydrogen-bond donors (Lipinski definition) is 4. The predicted octanol–water partition coefficient (Wildman–Crippen LogP) is 12.8. The van der Waals surface area contributed by atoms with Gasteiger partial charge in [0.2, 0.25) is 17.7 Å². The summed E-state index contributed by atoms with van der Waals surface area (Å²) in [5.74, 6) is 3.56. The van der Waals surface area contributed by atoms with Crippen LogP contribution >= 0.6 is 0 Å². The van der Waals surface area contributed by atoms with E-state index in [9.17, 15) is 19.5 Å². The SMILES string of the molecule is C.COc1cc(C(=O)c2cnc(N)nc2N)c(C(C)Cc2ccccc2)cc1C.COc1cc(C=O)c(C(C)Cc2ccccc2)cc1C.COc1ncc(C(=O)c2cc(OC)c(C)cc2C(C)Cc2ccccc2)c(OC)n1.COc1ncc(C(O)c2cc(OC)c(C)cc2C(C)Cc2ccccc2)c(OC)n1.N.[AlH3].[H-].[Li+].[O]=[Mn]=[O]. The molecule has 115 heavy (non-hydrogen) atoms. The Hall–Kier alpha value is -10.8. The maximum atomic E-state index is 13.5. The summed E-state index contributed by atoms with van der Waals surface area (Å²) in [5, 5.41) is 11.3. The molecular formula is C89H109AlLiMnN9O14. The summed E-state index contributed by atoms with van der Waals surface area (Å²) in [4.78, 5) is 62.6. The Morgan fingerprint density at radius 1 is 0.426 bits per heavy atom. The van der Waals surface area contributed by atoms with Crippen molar-refractivity contribution >= 4 is 47.0 Å². The number of nitrogens with two attached hydrogens (primary N) is 2. The molecule has 26 heteroatoms. The third-order valence-electron chi connectivity index (χ3n) is 18.8. The number of hydrogen-bond acceptors (Lipinski definition) is 23. The van der Waals surface area contributed by atoms with E-state index in [2.05, 4.69) is 118 Å². The zero-order valence-corrected chi connectivity index (χ0v) is 68.5. The summed E-state index contributed by atoms with van der Waals surface area (Å²) in [6.45, 7) is 16.5. The van der Waals surface area contributed by atoms with Crippen molar-refractivity contribution in [3.63, 3.8) is 0 Å². The van der Waals surface area contributed by atoms with Crippen LogP contribution in [-0.4, -0.2) is 127 Å². The van der Waals surface area contributed by atoms with Gasteiger partial charge in [-0.3, -0.25) is 14.4 Å². The molecule has 8 aromatic carbocycles. The quantitative estimate of drug-likeness (QED) is 0.0211. The number of anilines is 2. The molecule has 5 atom stereocenters. The second-order valence-electron chi connectivity index (χ2n) is 26.5. The first-order valence-electron chi connectivity index (χ1n) is 35.7. The van der Waals surface area contributed by atoms with Gasteiger partial charge in [-0.2, -0.15) is 15.0 Å². The van der Waals surface area contributed by atoms with Crippen molar-refractivity contribution in [2.45, 2.75) is 118 Å². The van der Waals surface area contributed by atoms with Crippen LogP contribution in [0.5, 0.6) is 46.8 Å². The molecule has 11 rings (SSSR count). The van der Waals surface area contributed by atoms with Crippen LogP contribution in [0.15, 0.2) is 188 Å².